The van der Waals surface area contributed by atoms with Crippen LogP contribution in [0.25, 0.3) is 0 Å². The fourth-order valence-corrected chi connectivity index (χ4v) is 0.902. The van der Waals surface area contributed by atoms with Gasteiger partial charge in [0.15, 0.2) is 0 Å². The Bertz CT molecular complexity index is 167. The lowest BCUT2D eigenvalue weighted by Crippen LogP contribution is -2.46. The molecule has 1 heterocycles. The molecule has 0 atom stereocenters. The summed E-state index contributed by atoms with van der Waals surface area (Å²) in [5.41, 5.74) is 2.56. The molecule has 0 aliphatic carbocycles. The molecule has 1 rings (SSSR count). The summed E-state index contributed by atoms with van der Waals surface area (Å²) < 4.78 is 0. The largest absolute Gasteiger partial charge is 0.329 e. The SMILES string of the molecule is O=[C]CNC(=O)NN1CCNC1. The standard InChI is InChI=1S/C6H11N4O2/c11-4-2-8-6(12)9-10-3-1-7-5-10/h7H,1-3,5H2,(H2,8,9,12). The summed E-state index contributed by atoms with van der Waals surface area (Å²) >= 11 is 0. The number of rotatable bonds is 3. The second kappa shape index (κ2) is 4.68. The Kier molecular flexibility index (Phi) is 3.49. The quantitative estimate of drug-likeness (QED) is 0.467. The summed E-state index contributed by atoms with van der Waals surface area (Å²) in [7, 11) is 0. The van der Waals surface area contributed by atoms with E-state index in [-0.39, 0.29) is 12.6 Å². The number of nitrogens with one attached hydrogen (secondary N) is 3. The average Bonchev–Trinajstić information content (AvgIpc) is 2.53. The van der Waals surface area contributed by atoms with Crippen LogP contribution in [0.4, 0.5) is 4.79 Å². The Labute approximate surface area is 70.3 Å². The van der Waals surface area contributed by atoms with Crippen LogP contribution in [-0.2, 0) is 4.79 Å². The van der Waals surface area contributed by atoms with Gasteiger partial charge in [0.05, 0.1) is 13.2 Å². The smallest absolute Gasteiger partial charge is 0.329 e. The zero-order valence-electron chi connectivity index (χ0n) is 6.59. The van der Waals surface area contributed by atoms with E-state index in [2.05, 4.69) is 16.1 Å². The highest BCUT2D eigenvalue weighted by Crippen LogP contribution is 1.85. The van der Waals surface area contributed by atoms with Gasteiger partial charge in [-0.15, -0.1) is 0 Å². The maximum absolute atomic E-state index is 10.9. The summed E-state index contributed by atoms with van der Waals surface area (Å²) in [6, 6.07) is -0.373. The van der Waals surface area contributed by atoms with Crippen molar-refractivity contribution in [3.8, 4) is 0 Å². The minimum atomic E-state index is -0.373. The van der Waals surface area contributed by atoms with Crippen LogP contribution >= 0.6 is 0 Å². The summed E-state index contributed by atoms with van der Waals surface area (Å²) in [4.78, 5) is 20.6. The van der Waals surface area contributed by atoms with E-state index in [0.29, 0.717) is 6.67 Å². The van der Waals surface area contributed by atoms with Crippen LogP contribution in [0.2, 0.25) is 0 Å². The van der Waals surface area contributed by atoms with E-state index in [1.807, 2.05) is 0 Å². The van der Waals surface area contributed by atoms with Gasteiger partial charge in [-0.3, -0.25) is 10.2 Å². The second-order valence-electron chi connectivity index (χ2n) is 2.36. The van der Waals surface area contributed by atoms with Gasteiger partial charge in [0.1, 0.15) is 0 Å². The number of carbonyl (C=O) groups excluding carboxylic acids is 2. The van der Waals surface area contributed by atoms with E-state index < -0.39 is 0 Å². The molecule has 0 bridgehead atoms. The van der Waals surface area contributed by atoms with Gasteiger partial charge in [-0.2, -0.15) is 0 Å². The van der Waals surface area contributed by atoms with Crippen LogP contribution < -0.4 is 16.1 Å². The second-order valence-corrected chi connectivity index (χ2v) is 2.36. The van der Waals surface area contributed by atoms with Gasteiger partial charge < -0.3 is 10.6 Å². The molecule has 0 aromatic heterocycles. The topological polar surface area (TPSA) is 73.5 Å². The third-order valence-electron chi connectivity index (χ3n) is 1.44. The van der Waals surface area contributed by atoms with Crippen molar-refractivity contribution in [2.24, 2.45) is 0 Å². The fourth-order valence-electron chi connectivity index (χ4n) is 0.902. The van der Waals surface area contributed by atoms with Crippen molar-refractivity contribution < 1.29 is 9.59 Å². The lowest BCUT2D eigenvalue weighted by atomic mass is 10.7. The maximum Gasteiger partial charge on any atom is 0.329 e. The van der Waals surface area contributed by atoms with Crippen molar-refractivity contribution in [1.29, 1.82) is 0 Å². The first-order valence-corrected chi connectivity index (χ1v) is 3.68. The Hall–Kier alpha value is -1.14. The zero-order chi connectivity index (χ0) is 8.81. The van der Waals surface area contributed by atoms with Crippen molar-refractivity contribution >= 4 is 12.3 Å². The van der Waals surface area contributed by atoms with Crippen molar-refractivity contribution in [1.82, 2.24) is 21.1 Å². The van der Waals surface area contributed by atoms with Crippen LogP contribution in [0.3, 0.4) is 0 Å². The Morgan fingerprint density at radius 2 is 2.50 bits per heavy atom. The van der Waals surface area contributed by atoms with Crippen LogP contribution in [0.1, 0.15) is 0 Å². The molecule has 1 fully saturated rings. The normalized spacial score (nSPS) is 17.3. The number of hydrogen-bond acceptors (Lipinski definition) is 4. The molecule has 0 aromatic carbocycles. The predicted octanol–water partition coefficient (Wildman–Crippen LogP) is -1.83. The van der Waals surface area contributed by atoms with Crippen molar-refractivity contribution in [2.75, 3.05) is 26.3 Å². The van der Waals surface area contributed by atoms with Crippen molar-refractivity contribution in [2.45, 2.75) is 0 Å². The van der Waals surface area contributed by atoms with Crippen LogP contribution in [0.15, 0.2) is 0 Å². The van der Waals surface area contributed by atoms with E-state index in [1.54, 1.807) is 11.3 Å². The van der Waals surface area contributed by atoms with Gasteiger partial charge in [-0.05, 0) is 0 Å². The monoisotopic (exact) mass is 171 g/mol. The Balaban J connectivity index is 2.11. The number of hydrazine groups is 1. The van der Waals surface area contributed by atoms with Crippen LogP contribution in [0.5, 0.6) is 0 Å². The van der Waals surface area contributed by atoms with E-state index in [0.717, 1.165) is 13.1 Å². The average molecular weight is 171 g/mol. The lowest BCUT2D eigenvalue weighted by Gasteiger charge is -2.14. The first-order valence-electron chi connectivity index (χ1n) is 3.68. The van der Waals surface area contributed by atoms with Gasteiger partial charge in [0, 0.05) is 13.1 Å². The molecule has 0 saturated carbocycles. The van der Waals surface area contributed by atoms with E-state index >= 15 is 0 Å². The number of carbonyl (C=O) groups is 1. The molecular formula is C6H11N4O2. The van der Waals surface area contributed by atoms with E-state index in [1.165, 1.54) is 0 Å². The van der Waals surface area contributed by atoms with E-state index in [4.69, 9.17) is 0 Å². The molecule has 6 nitrogen and oxygen atoms in total. The summed E-state index contributed by atoms with van der Waals surface area (Å²) in [5, 5.41) is 7.08. The summed E-state index contributed by atoms with van der Waals surface area (Å²) in [6.45, 7) is 2.20. The zero-order valence-corrected chi connectivity index (χ0v) is 6.59. The molecule has 1 aliphatic rings. The molecule has 0 aromatic rings. The molecule has 1 saturated heterocycles. The first kappa shape index (κ1) is 8.95. The van der Waals surface area contributed by atoms with Crippen molar-refractivity contribution in [3.63, 3.8) is 0 Å². The highest BCUT2D eigenvalue weighted by molar-refractivity contribution is 5.76. The minimum absolute atomic E-state index is 0.0763. The highest BCUT2D eigenvalue weighted by Gasteiger charge is 2.12. The van der Waals surface area contributed by atoms with Gasteiger partial charge in [-0.25, -0.2) is 9.80 Å². The van der Waals surface area contributed by atoms with Gasteiger partial charge >= 0.3 is 6.03 Å². The van der Waals surface area contributed by atoms with Crippen molar-refractivity contribution in [3.05, 3.63) is 0 Å². The number of hydrogen-bond donors (Lipinski definition) is 3. The van der Waals surface area contributed by atoms with E-state index in [9.17, 15) is 9.59 Å². The third kappa shape index (κ3) is 2.85. The molecule has 0 spiro atoms. The lowest BCUT2D eigenvalue weighted by molar-refractivity contribution is 0.198. The van der Waals surface area contributed by atoms with Gasteiger partial charge in [0.2, 0.25) is 6.29 Å². The molecule has 0 unspecified atom stereocenters. The van der Waals surface area contributed by atoms with Gasteiger partial charge in [0.25, 0.3) is 0 Å². The Morgan fingerprint density at radius 1 is 1.67 bits per heavy atom. The fraction of sp³-hybridized carbons (Fsp3) is 0.667. The van der Waals surface area contributed by atoms with Crippen LogP contribution in [-0.4, -0.2) is 43.6 Å². The predicted molar refractivity (Wildman–Crippen MR) is 41.8 cm³/mol. The minimum Gasteiger partial charge on any atom is -0.329 e. The van der Waals surface area contributed by atoms with Gasteiger partial charge in [-0.1, -0.05) is 0 Å². The molecular weight excluding hydrogens is 160 g/mol. The Morgan fingerprint density at radius 3 is 3.08 bits per heavy atom. The summed E-state index contributed by atoms with van der Waals surface area (Å²) in [5.74, 6) is 0. The number of urea groups is 1. The number of nitrogens with zero attached hydrogens (tertiary/aromatic N) is 1. The molecule has 67 valence electrons. The highest BCUT2D eigenvalue weighted by atomic mass is 16.2. The molecule has 1 aliphatic heterocycles. The number of amides is 2. The molecule has 2 amide bonds. The molecule has 6 heteroatoms. The summed E-state index contributed by atoms with van der Waals surface area (Å²) in [6.07, 6.45) is 1.57. The first-order chi connectivity index (χ1) is 5.83. The molecule has 3 N–H and O–H groups in total. The maximum atomic E-state index is 10.9. The molecule has 12 heavy (non-hydrogen) atoms. The molecule has 1 radical (unpaired) electrons. The van der Waals surface area contributed by atoms with Crippen LogP contribution in [0, 0.1) is 0 Å². The third-order valence-corrected chi connectivity index (χ3v) is 1.44.